The highest BCUT2D eigenvalue weighted by Gasteiger charge is 2.35. The summed E-state index contributed by atoms with van der Waals surface area (Å²) in [5.74, 6) is 3.14. The van der Waals surface area contributed by atoms with Gasteiger partial charge in [0.05, 0.1) is 5.03 Å². The molecule has 0 bridgehead atoms. The third-order valence-corrected chi connectivity index (χ3v) is 9.05. The zero-order valence-electron chi connectivity index (χ0n) is 16.5. The fourth-order valence-electron chi connectivity index (χ4n) is 3.79. The smallest absolute Gasteiger partial charge is 0.0963 e. The van der Waals surface area contributed by atoms with E-state index < -0.39 is 10.8 Å². The fourth-order valence-corrected chi connectivity index (χ4v) is 7.40. The average Bonchev–Trinajstić information content (AvgIpc) is 3.17. The minimum atomic E-state index is -0.637. The maximum absolute atomic E-state index is 11.7. The molecular weight excluding hydrogens is 420 g/mol. The number of pyridine rings is 1. The molecule has 2 unspecified atom stereocenters. The van der Waals surface area contributed by atoms with Crippen LogP contribution in [0.25, 0.3) is 0 Å². The highest BCUT2D eigenvalue weighted by atomic mass is 32.2. The van der Waals surface area contributed by atoms with Gasteiger partial charge in [0.2, 0.25) is 0 Å². The van der Waals surface area contributed by atoms with Crippen LogP contribution in [0.1, 0.15) is 23.5 Å². The highest BCUT2D eigenvalue weighted by molar-refractivity contribution is 7.99. The molecule has 8 heteroatoms. The van der Waals surface area contributed by atoms with Crippen molar-refractivity contribution in [2.75, 3.05) is 36.9 Å². The Balaban J connectivity index is 1.42. The molecule has 2 aliphatic heterocycles. The quantitative estimate of drug-likeness (QED) is 0.516. The van der Waals surface area contributed by atoms with Gasteiger partial charge in [0.15, 0.2) is 0 Å². The Labute approximate surface area is 184 Å². The van der Waals surface area contributed by atoms with Crippen LogP contribution >= 0.6 is 23.9 Å². The van der Waals surface area contributed by atoms with Gasteiger partial charge in [0.25, 0.3) is 0 Å². The van der Waals surface area contributed by atoms with Crippen molar-refractivity contribution in [3.8, 4) is 0 Å². The summed E-state index contributed by atoms with van der Waals surface area (Å²) in [4.78, 5) is 4.51. The van der Waals surface area contributed by atoms with Crippen molar-refractivity contribution in [2.45, 2.75) is 30.0 Å². The van der Waals surface area contributed by atoms with Crippen LogP contribution in [0.5, 0.6) is 0 Å². The molecular formula is C21H28N4OS3. The molecule has 2 N–H and O–H groups in total. The van der Waals surface area contributed by atoms with E-state index in [2.05, 4.69) is 50.0 Å². The monoisotopic (exact) mass is 448 g/mol. The molecule has 2 fully saturated rings. The summed E-state index contributed by atoms with van der Waals surface area (Å²) in [6.45, 7) is 3.41. The third kappa shape index (κ3) is 5.83. The van der Waals surface area contributed by atoms with E-state index >= 15 is 0 Å². The van der Waals surface area contributed by atoms with Gasteiger partial charge < -0.3 is 5.73 Å². The van der Waals surface area contributed by atoms with Gasteiger partial charge in [-0.1, -0.05) is 30.3 Å². The van der Waals surface area contributed by atoms with Crippen molar-refractivity contribution >= 4 is 34.7 Å². The van der Waals surface area contributed by atoms with Crippen LogP contribution in [-0.4, -0.2) is 60.7 Å². The predicted molar refractivity (Wildman–Crippen MR) is 124 cm³/mol. The van der Waals surface area contributed by atoms with Gasteiger partial charge in [0, 0.05) is 78.6 Å². The lowest BCUT2D eigenvalue weighted by Gasteiger charge is -2.31. The molecule has 2 aliphatic rings. The second-order valence-electron chi connectivity index (χ2n) is 7.47. The Morgan fingerprint density at radius 1 is 1.17 bits per heavy atom. The van der Waals surface area contributed by atoms with Crippen LogP contribution in [0, 0.1) is 0 Å². The van der Waals surface area contributed by atoms with E-state index in [1.54, 1.807) is 0 Å². The number of benzene rings is 1. The van der Waals surface area contributed by atoms with Crippen molar-refractivity contribution < 1.29 is 4.21 Å². The minimum absolute atomic E-state index is 0.478. The van der Waals surface area contributed by atoms with Gasteiger partial charge in [-0.25, -0.2) is 13.6 Å². The van der Waals surface area contributed by atoms with E-state index in [-0.39, 0.29) is 0 Å². The number of hydrogen-bond acceptors (Lipinski definition) is 7. The largest absolute Gasteiger partial charge is 0.326 e. The average molecular weight is 449 g/mol. The molecule has 0 radical (unpaired) electrons. The normalized spacial score (nSPS) is 24.2. The molecule has 0 amide bonds. The van der Waals surface area contributed by atoms with Gasteiger partial charge in [0.1, 0.15) is 0 Å². The van der Waals surface area contributed by atoms with E-state index in [1.807, 2.05) is 36.2 Å². The molecule has 29 heavy (non-hydrogen) atoms. The first kappa shape index (κ1) is 21.3. The van der Waals surface area contributed by atoms with Crippen LogP contribution in [0.2, 0.25) is 0 Å². The van der Waals surface area contributed by atoms with Crippen LogP contribution in [0.15, 0.2) is 53.7 Å². The van der Waals surface area contributed by atoms with Gasteiger partial charge in [-0.05, 0) is 35.6 Å². The lowest BCUT2D eigenvalue weighted by Crippen LogP contribution is -2.38. The van der Waals surface area contributed by atoms with E-state index in [4.69, 9.17) is 5.73 Å². The number of nitrogens with two attached hydrogens (primary N) is 1. The molecule has 0 aliphatic carbocycles. The first-order valence-electron chi connectivity index (χ1n) is 10.1. The third-order valence-electron chi connectivity index (χ3n) is 5.45. The Hall–Kier alpha value is -0.900. The van der Waals surface area contributed by atoms with Crippen molar-refractivity contribution in [1.29, 1.82) is 0 Å². The van der Waals surface area contributed by atoms with Gasteiger partial charge in [-0.15, -0.1) is 11.8 Å². The maximum atomic E-state index is 11.7. The van der Waals surface area contributed by atoms with E-state index in [0.717, 1.165) is 53.9 Å². The van der Waals surface area contributed by atoms with Gasteiger partial charge in [-0.2, -0.15) is 0 Å². The number of nitrogens with zero attached hydrogens (tertiary/aromatic N) is 3. The van der Waals surface area contributed by atoms with E-state index in [0.29, 0.717) is 18.5 Å². The summed E-state index contributed by atoms with van der Waals surface area (Å²) in [6.07, 6.45) is 3.01. The minimum Gasteiger partial charge on any atom is -0.326 e. The molecule has 4 rings (SSSR count). The first-order valence-corrected chi connectivity index (χ1v) is 13.3. The molecule has 2 atom stereocenters. The Bertz CT molecular complexity index is 813. The fraction of sp³-hybridized carbons (Fsp3) is 0.476. The Morgan fingerprint density at radius 3 is 2.72 bits per heavy atom. The molecule has 3 heterocycles. The highest BCUT2D eigenvalue weighted by Crippen LogP contribution is 2.39. The molecule has 2 aromatic rings. The summed E-state index contributed by atoms with van der Waals surface area (Å²) in [5, 5.41) is 1.05. The summed E-state index contributed by atoms with van der Waals surface area (Å²) < 4.78 is 16.6. The van der Waals surface area contributed by atoms with E-state index in [9.17, 15) is 4.21 Å². The lowest BCUT2D eigenvalue weighted by atomic mass is 9.97. The number of rotatable bonds is 7. The second-order valence-corrected chi connectivity index (χ2v) is 11.4. The Morgan fingerprint density at radius 2 is 1.97 bits per heavy atom. The predicted octanol–water partition coefficient (Wildman–Crippen LogP) is 3.12. The first-order chi connectivity index (χ1) is 14.2. The molecule has 5 nitrogen and oxygen atoms in total. The second kappa shape index (κ2) is 10.4. The number of hydrogen-bond donors (Lipinski definition) is 1. The molecule has 1 aromatic carbocycles. The van der Waals surface area contributed by atoms with E-state index in [1.165, 1.54) is 5.56 Å². The van der Waals surface area contributed by atoms with Crippen LogP contribution in [-0.2, 0) is 17.3 Å². The zero-order valence-corrected chi connectivity index (χ0v) is 18.9. The summed E-state index contributed by atoms with van der Waals surface area (Å²) in [6, 6.07) is 15.4. The SMILES string of the molecule is NCc1ccnc(SCC2CC(c3ccccc3)CN2SN2CCS(=O)CC2)c1. The lowest BCUT2D eigenvalue weighted by molar-refractivity contribution is 0.424. The maximum Gasteiger partial charge on any atom is 0.0963 e. The van der Waals surface area contributed by atoms with Crippen molar-refractivity contribution in [3.05, 3.63) is 59.8 Å². The van der Waals surface area contributed by atoms with Crippen LogP contribution in [0.3, 0.4) is 0 Å². The standard InChI is InChI=1S/C21H28N4OS3/c22-14-17-6-7-23-21(12-17)27-16-20-13-19(18-4-2-1-3-5-18)15-25(20)28-24-8-10-29(26)11-9-24/h1-7,12,19-20H,8-11,13-16,22H2. The van der Waals surface area contributed by atoms with Crippen LogP contribution < -0.4 is 5.73 Å². The van der Waals surface area contributed by atoms with Crippen LogP contribution in [0.4, 0.5) is 0 Å². The summed E-state index contributed by atoms with van der Waals surface area (Å²) in [7, 11) is -0.637. The summed E-state index contributed by atoms with van der Waals surface area (Å²) >= 11 is 3.68. The summed E-state index contributed by atoms with van der Waals surface area (Å²) in [5.41, 5.74) is 8.33. The molecule has 1 aromatic heterocycles. The molecule has 156 valence electrons. The van der Waals surface area contributed by atoms with Crippen molar-refractivity contribution in [1.82, 2.24) is 13.6 Å². The topological polar surface area (TPSA) is 62.5 Å². The van der Waals surface area contributed by atoms with Gasteiger partial charge in [-0.3, -0.25) is 4.21 Å². The van der Waals surface area contributed by atoms with Crippen molar-refractivity contribution in [2.24, 2.45) is 5.73 Å². The Kier molecular flexibility index (Phi) is 7.66. The van der Waals surface area contributed by atoms with Crippen molar-refractivity contribution in [3.63, 3.8) is 0 Å². The molecule has 2 saturated heterocycles. The van der Waals surface area contributed by atoms with Gasteiger partial charge >= 0.3 is 0 Å². The molecule has 0 spiro atoms. The molecule has 0 saturated carbocycles. The number of aromatic nitrogens is 1. The zero-order chi connectivity index (χ0) is 20.1. The number of thioether (sulfide) groups is 1.